The molecule has 0 aliphatic rings. The normalized spacial score (nSPS) is 12.2. The summed E-state index contributed by atoms with van der Waals surface area (Å²) in [6.45, 7) is 1.71. The molecule has 0 aliphatic heterocycles. The highest BCUT2D eigenvalue weighted by Crippen LogP contribution is 2.35. The average molecular weight is 301 g/mol. The largest absolute Gasteiger partial charge is 0.480 e. The zero-order valence-electron chi connectivity index (χ0n) is 9.89. The van der Waals surface area contributed by atoms with Crippen molar-refractivity contribution in [3.63, 3.8) is 0 Å². The summed E-state index contributed by atoms with van der Waals surface area (Å²) in [5.74, 6) is -0.551. The van der Waals surface area contributed by atoms with Gasteiger partial charge in [-0.15, -0.1) is 0 Å². The van der Waals surface area contributed by atoms with E-state index in [-0.39, 0.29) is 5.76 Å². The van der Waals surface area contributed by atoms with Crippen LogP contribution in [0.1, 0.15) is 29.3 Å². The van der Waals surface area contributed by atoms with E-state index in [4.69, 9.17) is 37.5 Å². The summed E-state index contributed by atoms with van der Waals surface area (Å²) < 4.78 is 10.8. The predicted molar refractivity (Wildman–Crippen MR) is 71.2 cm³/mol. The van der Waals surface area contributed by atoms with Gasteiger partial charge < -0.3 is 14.3 Å². The summed E-state index contributed by atoms with van der Waals surface area (Å²) >= 11 is 12.0. The molecular formula is C13H10Cl2O4. The first kappa shape index (κ1) is 13.8. The van der Waals surface area contributed by atoms with Crippen LogP contribution in [0, 0.1) is 0 Å². The molecule has 0 amide bonds. The van der Waals surface area contributed by atoms with E-state index in [1.807, 2.05) is 0 Å². The Balaban J connectivity index is 2.20. The zero-order valence-corrected chi connectivity index (χ0v) is 11.4. The third kappa shape index (κ3) is 3.03. The minimum absolute atomic E-state index is 0.143. The number of hydrogen-bond donors (Lipinski definition) is 1. The molecular weight excluding hydrogens is 291 g/mol. The summed E-state index contributed by atoms with van der Waals surface area (Å²) in [7, 11) is 0. The van der Waals surface area contributed by atoms with Crippen LogP contribution in [0.15, 0.2) is 34.7 Å². The van der Waals surface area contributed by atoms with E-state index < -0.39 is 12.1 Å². The molecule has 100 valence electrons. The first-order valence-corrected chi connectivity index (χ1v) is 6.18. The van der Waals surface area contributed by atoms with E-state index in [0.717, 1.165) is 0 Å². The fraction of sp³-hybridized carbons (Fsp3) is 0.154. The molecule has 0 saturated carbocycles. The van der Waals surface area contributed by atoms with Crippen molar-refractivity contribution in [3.8, 4) is 5.75 Å². The van der Waals surface area contributed by atoms with E-state index in [9.17, 15) is 4.79 Å². The van der Waals surface area contributed by atoms with Gasteiger partial charge in [0.1, 0.15) is 5.76 Å². The van der Waals surface area contributed by atoms with Gasteiger partial charge in [0.25, 0.3) is 0 Å². The average Bonchev–Trinajstić information content (AvgIpc) is 2.83. The van der Waals surface area contributed by atoms with E-state index >= 15 is 0 Å². The predicted octanol–water partition coefficient (Wildman–Crippen LogP) is 4.42. The Kier molecular flexibility index (Phi) is 4.02. The number of para-hydroxylation sites is 1. The number of halogens is 2. The molecule has 1 heterocycles. The number of carbonyl (C=O) groups is 1. The Hall–Kier alpha value is -1.65. The number of carboxylic acid groups (broad SMARTS) is 1. The molecule has 1 aromatic carbocycles. The van der Waals surface area contributed by atoms with E-state index in [2.05, 4.69) is 0 Å². The summed E-state index contributed by atoms with van der Waals surface area (Å²) in [5, 5.41) is 9.54. The van der Waals surface area contributed by atoms with E-state index in [0.29, 0.717) is 21.6 Å². The van der Waals surface area contributed by atoms with Crippen LogP contribution in [0.5, 0.6) is 5.75 Å². The lowest BCUT2D eigenvalue weighted by Crippen LogP contribution is -2.03. The van der Waals surface area contributed by atoms with E-state index in [1.165, 1.54) is 6.07 Å². The van der Waals surface area contributed by atoms with Crippen molar-refractivity contribution in [3.05, 3.63) is 51.9 Å². The summed E-state index contributed by atoms with van der Waals surface area (Å²) in [4.78, 5) is 10.7. The molecule has 0 radical (unpaired) electrons. The summed E-state index contributed by atoms with van der Waals surface area (Å²) in [5.41, 5.74) is 0. The maximum absolute atomic E-state index is 10.7. The molecule has 0 saturated heterocycles. The van der Waals surface area contributed by atoms with Crippen molar-refractivity contribution in [2.24, 2.45) is 0 Å². The van der Waals surface area contributed by atoms with Gasteiger partial charge in [0.05, 0.1) is 10.0 Å². The molecule has 0 spiro atoms. The van der Waals surface area contributed by atoms with Gasteiger partial charge >= 0.3 is 5.97 Å². The highest BCUT2D eigenvalue weighted by molar-refractivity contribution is 6.37. The minimum atomic E-state index is -1.13. The van der Waals surface area contributed by atoms with Crippen LogP contribution in [-0.2, 0) is 0 Å². The molecule has 0 bridgehead atoms. The lowest BCUT2D eigenvalue weighted by Gasteiger charge is -2.14. The third-order valence-electron chi connectivity index (χ3n) is 2.45. The lowest BCUT2D eigenvalue weighted by atomic mass is 10.3. The monoisotopic (exact) mass is 300 g/mol. The molecule has 0 aliphatic carbocycles. The number of carboxylic acids is 1. The molecule has 1 atom stereocenters. The summed E-state index contributed by atoms with van der Waals surface area (Å²) in [6.07, 6.45) is -0.509. The topological polar surface area (TPSA) is 59.7 Å². The molecule has 4 nitrogen and oxygen atoms in total. The number of furan rings is 1. The van der Waals surface area contributed by atoms with Crippen molar-refractivity contribution in [2.75, 3.05) is 0 Å². The molecule has 1 N–H and O–H groups in total. The number of hydrogen-bond acceptors (Lipinski definition) is 3. The Bertz CT molecular complexity index is 586. The molecule has 2 rings (SSSR count). The highest BCUT2D eigenvalue weighted by Gasteiger charge is 2.17. The van der Waals surface area contributed by atoms with Gasteiger partial charge in [0.2, 0.25) is 5.76 Å². The molecule has 2 aromatic rings. The van der Waals surface area contributed by atoms with Crippen LogP contribution in [0.2, 0.25) is 10.0 Å². The summed E-state index contributed by atoms with van der Waals surface area (Å²) in [6, 6.07) is 7.92. The first-order valence-electron chi connectivity index (χ1n) is 5.42. The number of benzene rings is 1. The van der Waals surface area contributed by atoms with Gasteiger partial charge in [-0.25, -0.2) is 4.79 Å². The van der Waals surface area contributed by atoms with Crippen LogP contribution < -0.4 is 4.74 Å². The van der Waals surface area contributed by atoms with Gasteiger partial charge in [0.15, 0.2) is 11.9 Å². The number of ether oxygens (including phenoxy) is 1. The second kappa shape index (κ2) is 5.55. The Labute approximate surface area is 119 Å². The Morgan fingerprint density at radius 3 is 2.42 bits per heavy atom. The smallest absolute Gasteiger partial charge is 0.371 e. The van der Waals surface area contributed by atoms with Crippen LogP contribution in [0.25, 0.3) is 0 Å². The maximum atomic E-state index is 10.7. The van der Waals surface area contributed by atoms with Crippen molar-refractivity contribution in [1.29, 1.82) is 0 Å². The maximum Gasteiger partial charge on any atom is 0.371 e. The molecule has 1 aromatic heterocycles. The second-order valence-electron chi connectivity index (χ2n) is 3.82. The fourth-order valence-electron chi connectivity index (χ4n) is 1.52. The second-order valence-corrected chi connectivity index (χ2v) is 4.63. The molecule has 0 fully saturated rings. The first-order chi connectivity index (χ1) is 8.99. The molecule has 19 heavy (non-hydrogen) atoms. The highest BCUT2D eigenvalue weighted by atomic mass is 35.5. The standard InChI is InChI=1S/C13H10Cl2O4/c1-7(10-5-6-11(19-10)13(16)17)18-12-8(14)3-2-4-9(12)15/h2-7H,1H3,(H,16,17). The van der Waals surface area contributed by atoms with Crippen LogP contribution in [0.4, 0.5) is 0 Å². The number of aromatic carboxylic acids is 1. The van der Waals surface area contributed by atoms with Crippen molar-refractivity contribution in [1.82, 2.24) is 0 Å². The van der Waals surface area contributed by atoms with Crippen LogP contribution in [-0.4, -0.2) is 11.1 Å². The minimum Gasteiger partial charge on any atom is -0.480 e. The van der Waals surface area contributed by atoms with Crippen molar-refractivity contribution >= 4 is 29.2 Å². The SMILES string of the molecule is CC(Oc1c(Cl)cccc1Cl)c1ccc(C(=O)O)o1. The van der Waals surface area contributed by atoms with Crippen LogP contribution >= 0.6 is 23.2 Å². The van der Waals surface area contributed by atoms with Gasteiger partial charge in [-0.3, -0.25) is 0 Å². The van der Waals surface area contributed by atoms with Gasteiger partial charge in [0, 0.05) is 0 Å². The van der Waals surface area contributed by atoms with E-state index in [1.54, 1.807) is 31.2 Å². The number of rotatable bonds is 4. The quantitative estimate of drug-likeness (QED) is 0.907. The molecule has 1 unspecified atom stereocenters. The lowest BCUT2D eigenvalue weighted by molar-refractivity contribution is 0.0655. The van der Waals surface area contributed by atoms with Gasteiger partial charge in [-0.1, -0.05) is 29.3 Å². The Morgan fingerprint density at radius 1 is 1.26 bits per heavy atom. The third-order valence-corrected chi connectivity index (χ3v) is 3.05. The van der Waals surface area contributed by atoms with Gasteiger partial charge in [-0.2, -0.15) is 0 Å². The Morgan fingerprint density at radius 2 is 1.89 bits per heavy atom. The fourth-order valence-corrected chi connectivity index (χ4v) is 2.00. The van der Waals surface area contributed by atoms with Crippen molar-refractivity contribution in [2.45, 2.75) is 13.0 Å². The zero-order chi connectivity index (χ0) is 14.0. The van der Waals surface area contributed by atoms with Gasteiger partial charge in [-0.05, 0) is 31.2 Å². The van der Waals surface area contributed by atoms with Crippen LogP contribution in [0.3, 0.4) is 0 Å². The van der Waals surface area contributed by atoms with Crippen molar-refractivity contribution < 1.29 is 19.1 Å². The molecule has 6 heteroatoms.